The maximum Gasteiger partial charge on any atom is 0.294 e. The van der Waals surface area contributed by atoms with Gasteiger partial charge in [0.15, 0.2) is 5.13 Å². The highest BCUT2D eigenvalue weighted by atomic mass is 32.1. The lowest BCUT2D eigenvalue weighted by molar-refractivity contribution is 0.101. The maximum absolute atomic E-state index is 11.7. The van der Waals surface area contributed by atoms with Gasteiger partial charge in [-0.05, 0) is 5.92 Å². The Kier molecular flexibility index (Phi) is 3.05. The number of nitrogens with zero attached hydrogens (tertiary/aromatic N) is 3. The zero-order valence-corrected chi connectivity index (χ0v) is 10.2. The third kappa shape index (κ3) is 2.59. The van der Waals surface area contributed by atoms with E-state index in [9.17, 15) is 4.79 Å². The third-order valence-corrected chi connectivity index (χ3v) is 2.83. The van der Waals surface area contributed by atoms with E-state index in [2.05, 4.69) is 25.5 Å². The third-order valence-electron chi connectivity index (χ3n) is 2.05. The summed E-state index contributed by atoms with van der Waals surface area (Å²) in [5.41, 5.74) is 6.25. The fourth-order valence-corrected chi connectivity index (χ4v) is 2.01. The summed E-state index contributed by atoms with van der Waals surface area (Å²) in [4.78, 5) is 19.7. The highest BCUT2D eigenvalue weighted by Crippen LogP contribution is 2.21. The zero-order chi connectivity index (χ0) is 12.4. The second kappa shape index (κ2) is 4.50. The Balaban J connectivity index is 2.07. The molecule has 1 amide bonds. The molecule has 0 atom stereocenters. The van der Waals surface area contributed by atoms with Gasteiger partial charge in [-0.1, -0.05) is 13.8 Å². The molecule has 4 N–H and O–H groups in total. The highest BCUT2D eigenvalue weighted by Gasteiger charge is 2.13. The number of rotatable bonds is 3. The first-order valence-corrected chi connectivity index (χ1v) is 5.89. The summed E-state index contributed by atoms with van der Waals surface area (Å²) >= 11 is 1.37. The van der Waals surface area contributed by atoms with Crippen molar-refractivity contribution in [3.8, 4) is 0 Å². The average molecular weight is 252 g/mol. The Morgan fingerprint density at radius 1 is 1.53 bits per heavy atom. The quantitative estimate of drug-likeness (QED) is 0.760. The molecule has 0 unspecified atom stereocenters. The van der Waals surface area contributed by atoms with Gasteiger partial charge in [0, 0.05) is 5.38 Å². The van der Waals surface area contributed by atoms with E-state index in [0.717, 1.165) is 5.69 Å². The van der Waals surface area contributed by atoms with E-state index in [4.69, 9.17) is 5.73 Å². The van der Waals surface area contributed by atoms with Gasteiger partial charge in [-0.15, -0.1) is 16.4 Å². The monoisotopic (exact) mass is 252 g/mol. The number of aromatic nitrogens is 4. The molecular formula is C9H12N6OS. The summed E-state index contributed by atoms with van der Waals surface area (Å²) in [6.45, 7) is 4.08. The fraction of sp³-hybridized carbons (Fsp3) is 0.333. The maximum atomic E-state index is 11.7. The van der Waals surface area contributed by atoms with Crippen LogP contribution in [-0.4, -0.2) is 26.1 Å². The van der Waals surface area contributed by atoms with Crippen molar-refractivity contribution in [2.75, 3.05) is 11.1 Å². The molecule has 0 aromatic carbocycles. The van der Waals surface area contributed by atoms with Gasteiger partial charge in [-0.25, -0.2) is 4.98 Å². The number of amides is 1. The predicted octanol–water partition coefficient (Wildman–Crippen LogP) is 1.22. The normalized spacial score (nSPS) is 10.8. The van der Waals surface area contributed by atoms with E-state index in [-0.39, 0.29) is 11.8 Å². The standard InChI is InChI=1S/C9H12N6OS/c1-4(2)5-3-17-9(11-5)13-7(16)6-12-8(10)15-14-6/h3-4H,1-2H3,(H,11,13,16)(H3,10,12,14,15). The van der Waals surface area contributed by atoms with E-state index >= 15 is 0 Å². The fourth-order valence-electron chi connectivity index (χ4n) is 1.14. The van der Waals surface area contributed by atoms with E-state index in [1.165, 1.54) is 11.3 Å². The average Bonchev–Trinajstić information content (AvgIpc) is 2.86. The van der Waals surface area contributed by atoms with Gasteiger partial charge < -0.3 is 5.73 Å². The topological polar surface area (TPSA) is 110 Å². The number of H-pyrrole nitrogens is 1. The minimum atomic E-state index is -0.404. The van der Waals surface area contributed by atoms with Gasteiger partial charge >= 0.3 is 0 Å². The Hall–Kier alpha value is -1.96. The minimum Gasteiger partial charge on any atom is -0.366 e. The van der Waals surface area contributed by atoms with Gasteiger partial charge in [0.2, 0.25) is 11.8 Å². The van der Waals surface area contributed by atoms with Crippen LogP contribution in [0.1, 0.15) is 36.1 Å². The summed E-state index contributed by atoms with van der Waals surface area (Å²) in [6.07, 6.45) is 0. The van der Waals surface area contributed by atoms with Crippen molar-refractivity contribution in [2.24, 2.45) is 0 Å². The molecule has 0 aliphatic carbocycles. The number of nitrogen functional groups attached to an aromatic ring is 1. The van der Waals surface area contributed by atoms with Crippen LogP contribution in [0.2, 0.25) is 0 Å². The molecular weight excluding hydrogens is 240 g/mol. The molecule has 2 rings (SSSR count). The van der Waals surface area contributed by atoms with Crippen LogP contribution in [0.3, 0.4) is 0 Å². The molecule has 8 heteroatoms. The van der Waals surface area contributed by atoms with Crippen molar-refractivity contribution >= 4 is 28.3 Å². The number of aromatic amines is 1. The first kappa shape index (κ1) is 11.5. The first-order valence-electron chi connectivity index (χ1n) is 5.01. The molecule has 0 aliphatic heterocycles. The molecule has 0 bridgehead atoms. The second-order valence-electron chi connectivity index (χ2n) is 3.73. The van der Waals surface area contributed by atoms with E-state index in [0.29, 0.717) is 11.0 Å². The van der Waals surface area contributed by atoms with Crippen molar-refractivity contribution in [1.82, 2.24) is 20.2 Å². The number of carbonyl (C=O) groups is 1. The summed E-state index contributed by atoms with van der Waals surface area (Å²) in [7, 11) is 0. The Morgan fingerprint density at radius 2 is 2.29 bits per heavy atom. The molecule has 0 radical (unpaired) electrons. The largest absolute Gasteiger partial charge is 0.366 e. The summed E-state index contributed by atoms with van der Waals surface area (Å²) in [5, 5.41) is 11.1. The molecule has 2 aromatic rings. The first-order chi connectivity index (χ1) is 8.06. The number of nitrogens with one attached hydrogen (secondary N) is 2. The van der Waals surface area contributed by atoms with Crippen LogP contribution in [0.25, 0.3) is 0 Å². The van der Waals surface area contributed by atoms with Crippen LogP contribution in [0.5, 0.6) is 0 Å². The number of nitrogens with two attached hydrogens (primary N) is 1. The molecule has 2 aromatic heterocycles. The van der Waals surface area contributed by atoms with Gasteiger partial charge in [0.1, 0.15) is 0 Å². The lowest BCUT2D eigenvalue weighted by atomic mass is 10.2. The molecule has 2 heterocycles. The van der Waals surface area contributed by atoms with E-state index < -0.39 is 5.91 Å². The van der Waals surface area contributed by atoms with Gasteiger partial charge in [-0.3, -0.25) is 15.2 Å². The minimum absolute atomic E-state index is 0.0390. The smallest absolute Gasteiger partial charge is 0.294 e. The molecule has 0 saturated heterocycles. The molecule has 0 saturated carbocycles. The molecule has 7 nitrogen and oxygen atoms in total. The van der Waals surface area contributed by atoms with Crippen molar-refractivity contribution in [3.05, 3.63) is 16.9 Å². The Bertz CT molecular complexity index is 531. The predicted molar refractivity (Wildman–Crippen MR) is 65.0 cm³/mol. The summed E-state index contributed by atoms with van der Waals surface area (Å²) < 4.78 is 0. The zero-order valence-electron chi connectivity index (χ0n) is 9.39. The molecule has 0 aliphatic rings. The second-order valence-corrected chi connectivity index (χ2v) is 4.59. The van der Waals surface area contributed by atoms with Crippen LogP contribution in [0.15, 0.2) is 5.38 Å². The number of carbonyl (C=O) groups excluding carboxylic acids is 1. The van der Waals surface area contributed by atoms with Crippen LogP contribution in [0, 0.1) is 0 Å². The highest BCUT2D eigenvalue weighted by molar-refractivity contribution is 7.14. The van der Waals surface area contributed by atoms with Crippen LogP contribution in [0.4, 0.5) is 11.1 Å². The van der Waals surface area contributed by atoms with Crippen molar-refractivity contribution < 1.29 is 4.79 Å². The number of anilines is 2. The summed E-state index contributed by atoms with van der Waals surface area (Å²) in [5.74, 6) is 0.0395. The van der Waals surface area contributed by atoms with Gasteiger partial charge in [-0.2, -0.15) is 4.98 Å². The van der Waals surface area contributed by atoms with E-state index in [1.54, 1.807) is 0 Å². The van der Waals surface area contributed by atoms with Crippen molar-refractivity contribution in [1.29, 1.82) is 0 Å². The van der Waals surface area contributed by atoms with Gasteiger partial charge in [0.25, 0.3) is 5.91 Å². The number of hydrogen-bond acceptors (Lipinski definition) is 6. The van der Waals surface area contributed by atoms with Crippen molar-refractivity contribution in [2.45, 2.75) is 19.8 Å². The number of thiazole rings is 1. The molecule has 90 valence electrons. The lowest BCUT2D eigenvalue weighted by Gasteiger charge is -1.98. The Morgan fingerprint density at radius 3 is 2.82 bits per heavy atom. The van der Waals surface area contributed by atoms with Crippen LogP contribution < -0.4 is 11.1 Å². The summed E-state index contributed by atoms with van der Waals surface area (Å²) in [6, 6.07) is 0. The number of hydrogen-bond donors (Lipinski definition) is 3. The molecule has 0 fully saturated rings. The van der Waals surface area contributed by atoms with E-state index in [1.807, 2.05) is 19.2 Å². The molecule has 0 spiro atoms. The SMILES string of the molecule is CC(C)c1csc(NC(=O)c2nc(N)n[nH]2)n1. The Labute approximate surface area is 101 Å². The van der Waals surface area contributed by atoms with Gasteiger partial charge in [0.05, 0.1) is 5.69 Å². The van der Waals surface area contributed by atoms with Crippen LogP contribution >= 0.6 is 11.3 Å². The molecule has 17 heavy (non-hydrogen) atoms. The van der Waals surface area contributed by atoms with Crippen LogP contribution in [-0.2, 0) is 0 Å². The lowest BCUT2D eigenvalue weighted by Crippen LogP contribution is -2.13. The van der Waals surface area contributed by atoms with Crippen molar-refractivity contribution in [3.63, 3.8) is 0 Å².